The first-order valence-corrected chi connectivity index (χ1v) is 8.43. The fourth-order valence-corrected chi connectivity index (χ4v) is 3.99. The fraction of sp³-hybridized carbons (Fsp3) is 0.750. The highest BCUT2D eigenvalue weighted by molar-refractivity contribution is 5.94. The number of carbonyl (C=O) groups is 1. The number of nitrogens with one attached hydrogen (secondary N) is 1. The number of nitrogens with zero attached hydrogens (tertiary/aromatic N) is 3. The van der Waals surface area contributed by atoms with Gasteiger partial charge >= 0.3 is 0 Å². The monoisotopic (exact) mass is 304 g/mol. The van der Waals surface area contributed by atoms with E-state index in [9.17, 15) is 4.79 Å². The first-order valence-electron chi connectivity index (χ1n) is 8.43. The lowest BCUT2D eigenvalue weighted by Crippen LogP contribution is -2.40. The largest absolute Gasteiger partial charge is 0.380 e. The Kier molecular flexibility index (Phi) is 3.66. The molecule has 6 nitrogen and oxygen atoms in total. The van der Waals surface area contributed by atoms with E-state index in [1.165, 1.54) is 0 Å². The minimum atomic E-state index is 0.104. The zero-order chi connectivity index (χ0) is 15.1. The third-order valence-corrected chi connectivity index (χ3v) is 5.40. The van der Waals surface area contributed by atoms with Gasteiger partial charge in [0.2, 0.25) is 0 Å². The zero-order valence-corrected chi connectivity index (χ0v) is 13.2. The summed E-state index contributed by atoms with van der Waals surface area (Å²) in [5, 5.41) is 7.46. The Morgan fingerprint density at radius 2 is 2.27 bits per heavy atom. The summed E-state index contributed by atoms with van der Waals surface area (Å²) in [5.41, 5.74) is 2.90. The number of hydrogen-bond donors (Lipinski definition) is 1. The number of H-pyrrole nitrogens is 1. The van der Waals surface area contributed by atoms with Crippen LogP contribution >= 0.6 is 0 Å². The molecule has 4 rings (SSSR count). The molecule has 120 valence electrons. The third kappa shape index (κ3) is 2.34. The third-order valence-electron chi connectivity index (χ3n) is 5.40. The van der Waals surface area contributed by atoms with Crippen molar-refractivity contribution in [2.75, 3.05) is 26.3 Å². The van der Waals surface area contributed by atoms with Gasteiger partial charge < -0.3 is 9.64 Å². The molecule has 1 aromatic rings. The van der Waals surface area contributed by atoms with Crippen LogP contribution in [0, 0.1) is 0 Å². The molecule has 2 fully saturated rings. The Labute approximate surface area is 130 Å². The Balaban J connectivity index is 1.56. The van der Waals surface area contributed by atoms with Gasteiger partial charge in [-0.3, -0.25) is 14.8 Å². The summed E-state index contributed by atoms with van der Waals surface area (Å²) in [4.78, 5) is 17.3. The summed E-state index contributed by atoms with van der Waals surface area (Å²) >= 11 is 0. The van der Waals surface area contributed by atoms with Crippen LogP contribution in [-0.2, 0) is 17.7 Å². The van der Waals surface area contributed by atoms with Crippen molar-refractivity contribution in [2.45, 2.75) is 51.2 Å². The molecule has 2 saturated heterocycles. The molecule has 3 aliphatic rings. The Hall–Kier alpha value is -1.40. The average molecular weight is 304 g/mol. The van der Waals surface area contributed by atoms with E-state index in [-0.39, 0.29) is 5.91 Å². The minimum absolute atomic E-state index is 0.104. The van der Waals surface area contributed by atoms with E-state index in [1.807, 2.05) is 4.90 Å². The normalized spacial score (nSPS) is 29.0. The van der Waals surface area contributed by atoms with Gasteiger partial charge in [0, 0.05) is 56.0 Å². The second-order valence-electron chi connectivity index (χ2n) is 6.76. The summed E-state index contributed by atoms with van der Waals surface area (Å²) in [5.74, 6) is 0.104. The van der Waals surface area contributed by atoms with Crippen LogP contribution in [0.1, 0.15) is 47.9 Å². The van der Waals surface area contributed by atoms with Crippen LogP contribution in [0.3, 0.4) is 0 Å². The standard InChI is InChI=1S/C16H24N4O2/c1-11-3-2-6-20(11)16(21)15-13-9-19(12-5-8-22-10-12)7-4-14(13)17-18-15/h11-12H,2-10H2,1H3,(H,17,18). The SMILES string of the molecule is CC1CCCN1C(=O)c1n[nH]c2c1CN(C1CCOC1)CC2. The Morgan fingerprint density at radius 3 is 3.00 bits per heavy atom. The molecule has 0 saturated carbocycles. The minimum Gasteiger partial charge on any atom is -0.380 e. The molecule has 0 aromatic carbocycles. The summed E-state index contributed by atoms with van der Waals surface area (Å²) < 4.78 is 5.51. The molecule has 2 unspecified atom stereocenters. The molecule has 0 radical (unpaired) electrons. The van der Waals surface area contributed by atoms with E-state index in [0.29, 0.717) is 17.8 Å². The maximum absolute atomic E-state index is 12.8. The van der Waals surface area contributed by atoms with Crippen molar-refractivity contribution >= 4 is 5.91 Å². The maximum atomic E-state index is 12.8. The van der Waals surface area contributed by atoms with Gasteiger partial charge in [0.25, 0.3) is 5.91 Å². The summed E-state index contributed by atoms with van der Waals surface area (Å²) in [6.45, 7) is 6.52. The van der Waals surface area contributed by atoms with Crippen LogP contribution in [0.5, 0.6) is 0 Å². The van der Waals surface area contributed by atoms with Gasteiger partial charge in [0.05, 0.1) is 6.61 Å². The molecular weight excluding hydrogens is 280 g/mol. The highest BCUT2D eigenvalue weighted by Gasteiger charge is 2.34. The van der Waals surface area contributed by atoms with E-state index in [1.54, 1.807) is 0 Å². The van der Waals surface area contributed by atoms with Gasteiger partial charge in [-0.05, 0) is 26.2 Å². The van der Waals surface area contributed by atoms with Crippen LogP contribution in [0.15, 0.2) is 0 Å². The van der Waals surface area contributed by atoms with Crippen molar-refractivity contribution in [3.05, 3.63) is 17.0 Å². The van der Waals surface area contributed by atoms with E-state index in [4.69, 9.17) is 4.74 Å². The lowest BCUT2D eigenvalue weighted by molar-refractivity contribution is 0.0737. The highest BCUT2D eigenvalue weighted by Crippen LogP contribution is 2.27. The zero-order valence-electron chi connectivity index (χ0n) is 13.2. The second kappa shape index (κ2) is 5.66. The van der Waals surface area contributed by atoms with Gasteiger partial charge in [-0.2, -0.15) is 5.10 Å². The number of fused-ring (bicyclic) bond motifs is 1. The first-order chi connectivity index (χ1) is 10.7. The molecule has 6 heteroatoms. The molecule has 3 aliphatic heterocycles. The van der Waals surface area contributed by atoms with Gasteiger partial charge in [0.15, 0.2) is 5.69 Å². The number of carbonyl (C=O) groups excluding carboxylic acids is 1. The molecule has 2 atom stereocenters. The smallest absolute Gasteiger partial charge is 0.274 e. The second-order valence-corrected chi connectivity index (χ2v) is 6.76. The van der Waals surface area contributed by atoms with Crippen LogP contribution < -0.4 is 0 Å². The quantitative estimate of drug-likeness (QED) is 0.891. The summed E-state index contributed by atoms with van der Waals surface area (Å²) in [7, 11) is 0. The van der Waals surface area contributed by atoms with Gasteiger partial charge in [-0.1, -0.05) is 0 Å². The van der Waals surface area contributed by atoms with Crippen LogP contribution in [0.25, 0.3) is 0 Å². The molecule has 0 aliphatic carbocycles. The van der Waals surface area contributed by atoms with Gasteiger partial charge in [-0.15, -0.1) is 0 Å². The average Bonchev–Trinajstić information content (AvgIpc) is 3.26. The van der Waals surface area contributed by atoms with E-state index < -0.39 is 0 Å². The molecule has 22 heavy (non-hydrogen) atoms. The number of ether oxygens (including phenoxy) is 1. The first kappa shape index (κ1) is 14.2. The van der Waals surface area contributed by atoms with Crippen molar-refractivity contribution in [3.8, 4) is 0 Å². The van der Waals surface area contributed by atoms with E-state index >= 15 is 0 Å². The van der Waals surface area contributed by atoms with Crippen LogP contribution in [-0.4, -0.2) is 64.3 Å². The Morgan fingerprint density at radius 1 is 1.36 bits per heavy atom. The number of rotatable bonds is 2. The molecular formula is C16H24N4O2. The summed E-state index contributed by atoms with van der Waals surface area (Å²) in [6, 6.07) is 0.833. The lowest BCUT2D eigenvalue weighted by Gasteiger charge is -2.31. The maximum Gasteiger partial charge on any atom is 0.274 e. The van der Waals surface area contributed by atoms with Crippen molar-refractivity contribution in [1.29, 1.82) is 0 Å². The number of aromatic nitrogens is 2. The molecule has 0 bridgehead atoms. The molecule has 4 heterocycles. The number of amides is 1. The highest BCUT2D eigenvalue weighted by atomic mass is 16.5. The molecule has 1 N–H and O–H groups in total. The molecule has 1 aromatic heterocycles. The predicted octanol–water partition coefficient (Wildman–Crippen LogP) is 1.18. The van der Waals surface area contributed by atoms with E-state index in [0.717, 1.165) is 69.8 Å². The van der Waals surface area contributed by atoms with Crippen molar-refractivity contribution < 1.29 is 9.53 Å². The van der Waals surface area contributed by atoms with Crippen LogP contribution in [0.2, 0.25) is 0 Å². The topological polar surface area (TPSA) is 61.5 Å². The van der Waals surface area contributed by atoms with Crippen molar-refractivity contribution in [2.24, 2.45) is 0 Å². The summed E-state index contributed by atoms with van der Waals surface area (Å²) in [6.07, 6.45) is 4.25. The number of likely N-dealkylation sites (tertiary alicyclic amines) is 1. The Bertz CT molecular complexity index is 564. The van der Waals surface area contributed by atoms with Crippen molar-refractivity contribution in [3.63, 3.8) is 0 Å². The van der Waals surface area contributed by atoms with Gasteiger partial charge in [0.1, 0.15) is 0 Å². The van der Waals surface area contributed by atoms with E-state index in [2.05, 4.69) is 22.0 Å². The molecule has 0 spiro atoms. The lowest BCUT2D eigenvalue weighted by atomic mass is 10.0. The van der Waals surface area contributed by atoms with Crippen molar-refractivity contribution in [1.82, 2.24) is 20.0 Å². The molecule has 1 amide bonds. The van der Waals surface area contributed by atoms with Crippen LogP contribution in [0.4, 0.5) is 0 Å². The number of hydrogen-bond acceptors (Lipinski definition) is 4. The fourth-order valence-electron chi connectivity index (χ4n) is 3.99. The number of aromatic amines is 1. The van der Waals surface area contributed by atoms with Gasteiger partial charge in [-0.25, -0.2) is 0 Å². The predicted molar refractivity (Wildman–Crippen MR) is 81.7 cm³/mol.